The predicted octanol–water partition coefficient (Wildman–Crippen LogP) is 2.15. The maximum Gasteiger partial charge on any atom is 0.327 e. The second kappa shape index (κ2) is 9.17. The van der Waals surface area contributed by atoms with Crippen LogP contribution in [0.4, 0.5) is 0 Å². The van der Waals surface area contributed by atoms with Crippen LogP contribution in [0, 0.1) is 5.92 Å². The van der Waals surface area contributed by atoms with Gasteiger partial charge in [-0.25, -0.2) is 4.79 Å². The van der Waals surface area contributed by atoms with E-state index < -0.39 is 24.0 Å². The molecule has 7 heteroatoms. The molecule has 1 heterocycles. The molecule has 2 N–H and O–H groups in total. The van der Waals surface area contributed by atoms with Crippen molar-refractivity contribution in [3.05, 3.63) is 59.7 Å². The molecule has 1 aliphatic rings. The lowest BCUT2D eigenvalue weighted by Gasteiger charge is -2.50. The third kappa shape index (κ3) is 4.41. The number of hydrogen-bond donors (Lipinski definition) is 2. The average molecular weight is 413 g/mol. The van der Waals surface area contributed by atoms with Crippen molar-refractivity contribution in [2.24, 2.45) is 5.92 Å². The second-order valence-electron chi connectivity index (χ2n) is 7.55. The van der Waals surface area contributed by atoms with Gasteiger partial charge < -0.3 is 24.6 Å². The third-order valence-corrected chi connectivity index (χ3v) is 5.61. The van der Waals surface area contributed by atoms with Gasteiger partial charge in [-0.1, -0.05) is 24.3 Å². The van der Waals surface area contributed by atoms with Gasteiger partial charge in [0.1, 0.15) is 17.5 Å². The molecule has 2 aromatic rings. The van der Waals surface area contributed by atoms with Crippen LogP contribution in [0.3, 0.4) is 0 Å². The van der Waals surface area contributed by atoms with Crippen molar-refractivity contribution in [1.29, 1.82) is 0 Å². The van der Waals surface area contributed by atoms with Crippen LogP contribution in [0.15, 0.2) is 48.5 Å². The SMILES string of the molecule is COc1ccc(CC(Cc2ccc(OC)cc2)N2C(=O)[C@@H]([C@@H](C)O)[C@H]2C(=O)O)cc1. The van der Waals surface area contributed by atoms with E-state index in [1.807, 2.05) is 48.5 Å². The number of hydrogen-bond acceptors (Lipinski definition) is 5. The monoisotopic (exact) mass is 413 g/mol. The van der Waals surface area contributed by atoms with Crippen LogP contribution in [-0.2, 0) is 22.4 Å². The number of benzene rings is 2. The number of carboxylic acid groups (broad SMARTS) is 1. The van der Waals surface area contributed by atoms with Crippen molar-refractivity contribution in [3.8, 4) is 11.5 Å². The first-order valence-electron chi connectivity index (χ1n) is 9.84. The van der Waals surface area contributed by atoms with E-state index in [9.17, 15) is 19.8 Å². The fourth-order valence-corrected chi connectivity index (χ4v) is 4.02. The van der Waals surface area contributed by atoms with Crippen LogP contribution in [0.1, 0.15) is 18.1 Å². The highest BCUT2D eigenvalue weighted by Gasteiger charge is 2.55. The van der Waals surface area contributed by atoms with E-state index in [2.05, 4.69) is 0 Å². The molecule has 30 heavy (non-hydrogen) atoms. The lowest BCUT2D eigenvalue weighted by Crippen LogP contribution is -2.70. The predicted molar refractivity (Wildman–Crippen MR) is 111 cm³/mol. The topological polar surface area (TPSA) is 96.3 Å². The quantitative estimate of drug-likeness (QED) is 0.612. The van der Waals surface area contributed by atoms with Crippen molar-refractivity contribution in [2.45, 2.75) is 38.0 Å². The van der Waals surface area contributed by atoms with Crippen LogP contribution < -0.4 is 9.47 Å². The number of aliphatic hydroxyl groups excluding tert-OH is 1. The van der Waals surface area contributed by atoms with Gasteiger partial charge in [-0.2, -0.15) is 0 Å². The average Bonchev–Trinajstić information content (AvgIpc) is 2.72. The number of carbonyl (C=O) groups excluding carboxylic acids is 1. The minimum Gasteiger partial charge on any atom is -0.497 e. The summed E-state index contributed by atoms with van der Waals surface area (Å²) in [6, 6.07) is 13.6. The van der Waals surface area contributed by atoms with Gasteiger partial charge in [0, 0.05) is 6.04 Å². The zero-order valence-electron chi connectivity index (χ0n) is 17.3. The highest BCUT2D eigenvalue weighted by atomic mass is 16.5. The summed E-state index contributed by atoms with van der Waals surface area (Å²) in [6.07, 6.45) is -0.0478. The number of carboxylic acids is 1. The molecule has 3 rings (SSSR count). The highest BCUT2D eigenvalue weighted by molar-refractivity contribution is 5.97. The first-order chi connectivity index (χ1) is 14.3. The minimum absolute atomic E-state index is 0.329. The number of nitrogens with zero attached hydrogens (tertiary/aromatic N) is 1. The Morgan fingerprint density at radius 3 is 1.73 bits per heavy atom. The van der Waals surface area contributed by atoms with Crippen molar-refractivity contribution in [2.75, 3.05) is 14.2 Å². The van der Waals surface area contributed by atoms with Gasteiger partial charge in [0.2, 0.25) is 5.91 Å². The molecule has 1 fully saturated rings. The van der Waals surface area contributed by atoms with Gasteiger partial charge in [0.05, 0.1) is 26.2 Å². The van der Waals surface area contributed by atoms with Crippen LogP contribution >= 0.6 is 0 Å². The van der Waals surface area contributed by atoms with Crippen LogP contribution in [0.5, 0.6) is 11.5 Å². The summed E-state index contributed by atoms with van der Waals surface area (Å²) in [4.78, 5) is 26.1. The summed E-state index contributed by atoms with van der Waals surface area (Å²) in [5.74, 6) is -0.901. The third-order valence-electron chi connectivity index (χ3n) is 5.61. The molecule has 0 radical (unpaired) electrons. The van der Waals surface area contributed by atoms with Crippen molar-refractivity contribution in [1.82, 2.24) is 4.90 Å². The number of likely N-dealkylation sites (tertiary alicyclic amines) is 1. The molecule has 2 aromatic carbocycles. The number of rotatable bonds is 9. The number of carbonyl (C=O) groups is 2. The Morgan fingerprint density at radius 1 is 0.967 bits per heavy atom. The second-order valence-corrected chi connectivity index (χ2v) is 7.55. The molecule has 160 valence electrons. The summed E-state index contributed by atoms with van der Waals surface area (Å²) in [6.45, 7) is 1.46. The molecular weight excluding hydrogens is 386 g/mol. The molecule has 1 amide bonds. The Labute approximate surface area is 175 Å². The van der Waals surface area contributed by atoms with E-state index in [1.54, 1.807) is 14.2 Å². The summed E-state index contributed by atoms with van der Waals surface area (Å²) < 4.78 is 10.4. The first-order valence-corrected chi connectivity index (χ1v) is 9.84. The van der Waals surface area contributed by atoms with E-state index in [0.29, 0.717) is 12.8 Å². The van der Waals surface area contributed by atoms with E-state index >= 15 is 0 Å². The molecule has 0 bridgehead atoms. The molecule has 3 atom stereocenters. The Balaban J connectivity index is 1.89. The number of amides is 1. The van der Waals surface area contributed by atoms with Crippen LogP contribution in [-0.4, -0.2) is 59.4 Å². The van der Waals surface area contributed by atoms with E-state index in [4.69, 9.17) is 9.47 Å². The summed E-state index contributed by atoms with van der Waals surface area (Å²) in [5, 5.41) is 19.6. The van der Waals surface area contributed by atoms with Gasteiger partial charge >= 0.3 is 5.97 Å². The lowest BCUT2D eigenvalue weighted by atomic mass is 9.80. The number of aliphatic hydroxyl groups is 1. The Hall–Kier alpha value is -3.06. The van der Waals surface area contributed by atoms with Gasteiger partial charge in [-0.15, -0.1) is 0 Å². The summed E-state index contributed by atoms with van der Waals surface area (Å²) >= 11 is 0. The van der Waals surface area contributed by atoms with Crippen LogP contribution in [0.2, 0.25) is 0 Å². The minimum atomic E-state index is -1.10. The van der Waals surface area contributed by atoms with Gasteiger partial charge in [0.15, 0.2) is 0 Å². The maximum absolute atomic E-state index is 12.8. The number of ether oxygens (including phenoxy) is 2. The molecule has 1 saturated heterocycles. The molecular formula is C23H27NO6. The number of methoxy groups -OCH3 is 2. The maximum atomic E-state index is 12.8. The Bertz CT molecular complexity index is 828. The zero-order valence-corrected chi connectivity index (χ0v) is 17.3. The fraction of sp³-hybridized carbons (Fsp3) is 0.391. The van der Waals surface area contributed by atoms with Crippen molar-refractivity contribution >= 4 is 11.9 Å². The highest BCUT2D eigenvalue weighted by Crippen LogP contribution is 2.34. The molecule has 7 nitrogen and oxygen atoms in total. The van der Waals surface area contributed by atoms with Crippen molar-refractivity contribution < 1.29 is 29.3 Å². The zero-order chi connectivity index (χ0) is 21.8. The van der Waals surface area contributed by atoms with Gasteiger partial charge in [0.25, 0.3) is 0 Å². The Morgan fingerprint density at radius 2 is 1.40 bits per heavy atom. The smallest absolute Gasteiger partial charge is 0.327 e. The Kier molecular flexibility index (Phi) is 6.62. The summed E-state index contributed by atoms with van der Waals surface area (Å²) in [5.41, 5.74) is 1.93. The van der Waals surface area contributed by atoms with E-state index in [-0.39, 0.29) is 11.9 Å². The largest absolute Gasteiger partial charge is 0.497 e. The molecule has 1 aliphatic heterocycles. The molecule has 0 saturated carbocycles. The molecule has 0 spiro atoms. The molecule has 0 aliphatic carbocycles. The lowest BCUT2D eigenvalue weighted by molar-refractivity contribution is -0.181. The van der Waals surface area contributed by atoms with Gasteiger partial charge in [-0.3, -0.25) is 4.79 Å². The standard InChI is InChI=1S/C23H27NO6/c1-14(25)20-21(23(27)28)24(22(20)26)17(12-15-4-8-18(29-2)9-5-15)13-16-6-10-19(30-3)11-7-16/h4-11,14,17,20-21,25H,12-13H2,1-3H3,(H,27,28)/t14-,20+,21+/m1/s1. The summed E-state index contributed by atoms with van der Waals surface area (Å²) in [7, 11) is 3.18. The molecule has 0 unspecified atom stereocenters. The van der Waals surface area contributed by atoms with Gasteiger partial charge in [-0.05, 0) is 55.2 Å². The fourth-order valence-electron chi connectivity index (χ4n) is 4.02. The van der Waals surface area contributed by atoms with E-state index in [1.165, 1.54) is 11.8 Å². The van der Waals surface area contributed by atoms with E-state index in [0.717, 1.165) is 22.6 Å². The van der Waals surface area contributed by atoms with Crippen LogP contribution in [0.25, 0.3) is 0 Å². The first kappa shape index (κ1) is 21.6. The number of aliphatic carboxylic acids is 1. The molecule has 0 aromatic heterocycles. The normalized spacial score (nSPS) is 19.4. The van der Waals surface area contributed by atoms with Crippen molar-refractivity contribution in [3.63, 3.8) is 0 Å². The number of β-lactam (4-membered cyclic amide) rings is 1.